The summed E-state index contributed by atoms with van der Waals surface area (Å²) in [5, 5.41) is 12.1. The van der Waals surface area contributed by atoms with E-state index in [0.717, 1.165) is 4.31 Å². The lowest BCUT2D eigenvalue weighted by atomic mass is 10.1. The Hall–Kier alpha value is -0.890. The number of sulfonamides is 1. The molecule has 0 aliphatic carbocycles. The number of nitrogens with zero attached hydrogens (tertiary/aromatic N) is 1. The summed E-state index contributed by atoms with van der Waals surface area (Å²) in [6.45, 7) is 4.42. The van der Waals surface area contributed by atoms with Gasteiger partial charge in [0.2, 0.25) is 5.09 Å². The van der Waals surface area contributed by atoms with E-state index in [4.69, 9.17) is 9.52 Å². The molecule has 0 saturated heterocycles. The third-order valence-electron chi connectivity index (χ3n) is 3.11. The average molecular weight is 290 g/mol. The zero-order chi connectivity index (χ0) is 14.6. The molecule has 0 amide bonds. The first kappa shape index (κ1) is 16.2. The molecule has 7 heteroatoms. The van der Waals surface area contributed by atoms with E-state index in [0.29, 0.717) is 12.3 Å². The smallest absolute Gasteiger partial charge is 0.275 e. The molecule has 0 fully saturated rings. The number of furan rings is 1. The van der Waals surface area contributed by atoms with E-state index >= 15 is 0 Å². The second-order valence-corrected chi connectivity index (χ2v) is 6.92. The first-order valence-corrected chi connectivity index (χ1v) is 7.58. The maximum atomic E-state index is 11.8. The summed E-state index contributed by atoms with van der Waals surface area (Å²) < 4.78 is 30.1. The lowest BCUT2D eigenvalue weighted by Gasteiger charge is -2.18. The molecule has 1 aromatic rings. The van der Waals surface area contributed by atoms with Crippen molar-refractivity contribution < 1.29 is 17.9 Å². The van der Waals surface area contributed by atoms with Gasteiger partial charge in [-0.15, -0.1) is 0 Å². The van der Waals surface area contributed by atoms with E-state index in [1.54, 1.807) is 6.07 Å². The Kier molecular flexibility index (Phi) is 5.54. The zero-order valence-corrected chi connectivity index (χ0v) is 12.6. The topological polar surface area (TPSA) is 82.8 Å². The van der Waals surface area contributed by atoms with Crippen LogP contribution in [0.25, 0.3) is 0 Å². The Morgan fingerprint density at radius 2 is 2.00 bits per heavy atom. The van der Waals surface area contributed by atoms with Gasteiger partial charge < -0.3 is 14.8 Å². The van der Waals surface area contributed by atoms with Gasteiger partial charge in [-0.2, -0.15) is 0 Å². The molecule has 6 nitrogen and oxygen atoms in total. The fourth-order valence-electron chi connectivity index (χ4n) is 1.39. The Morgan fingerprint density at radius 3 is 2.53 bits per heavy atom. The number of rotatable bonds is 7. The summed E-state index contributed by atoms with van der Waals surface area (Å²) in [7, 11) is -0.599. The van der Waals surface area contributed by atoms with Gasteiger partial charge in [0.05, 0.1) is 6.54 Å². The molecule has 0 spiro atoms. The van der Waals surface area contributed by atoms with E-state index in [9.17, 15) is 8.42 Å². The molecule has 2 N–H and O–H groups in total. The van der Waals surface area contributed by atoms with Crippen molar-refractivity contribution in [3.05, 3.63) is 17.9 Å². The molecule has 0 radical (unpaired) electrons. The molecule has 0 bridgehead atoms. The minimum atomic E-state index is -3.52. The summed E-state index contributed by atoms with van der Waals surface area (Å²) >= 11 is 0. The summed E-state index contributed by atoms with van der Waals surface area (Å²) in [6, 6.07) is 3.20. The normalized spacial score (nSPS) is 15.7. The predicted octanol–water partition coefficient (Wildman–Crippen LogP) is 0.636. The maximum absolute atomic E-state index is 11.8. The lowest BCUT2D eigenvalue weighted by molar-refractivity contribution is 0.205. The summed E-state index contributed by atoms with van der Waals surface area (Å²) in [6.07, 6.45) is 0. The van der Waals surface area contributed by atoms with Gasteiger partial charge in [0.1, 0.15) is 5.76 Å². The Balaban J connectivity index is 2.67. The zero-order valence-electron chi connectivity index (χ0n) is 11.8. The molecule has 19 heavy (non-hydrogen) atoms. The minimum absolute atomic E-state index is 0.0582. The SMILES string of the molecule is CC(CO)C(C)NCc1ccc(S(=O)(=O)N(C)C)o1. The van der Waals surface area contributed by atoms with Crippen LogP contribution in [0.2, 0.25) is 0 Å². The number of hydrogen-bond acceptors (Lipinski definition) is 5. The van der Waals surface area contributed by atoms with Crippen LogP contribution in [0.4, 0.5) is 0 Å². The van der Waals surface area contributed by atoms with Crippen molar-refractivity contribution >= 4 is 10.0 Å². The van der Waals surface area contributed by atoms with E-state index in [1.807, 2.05) is 13.8 Å². The molecule has 1 aromatic heterocycles. The van der Waals surface area contributed by atoms with Crippen molar-refractivity contribution in [2.75, 3.05) is 20.7 Å². The third-order valence-corrected chi connectivity index (χ3v) is 4.80. The molecule has 1 rings (SSSR count). The monoisotopic (exact) mass is 290 g/mol. The van der Waals surface area contributed by atoms with Gasteiger partial charge in [-0.3, -0.25) is 0 Å². The summed E-state index contributed by atoms with van der Waals surface area (Å²) in [5.74, 6) is 0.678. The molecular formula is C12H22N2O4S. The highest BCUT2D eigenvalue weighted by Gasteiger charge is 2.21. The van der Waals surface area contributed by atoms with Gasteiger partial charge in [-0.1, -0.05) is 6.92 Å². The predicted molar refractivity (Wildman–Crippen MR) is 72.1 cm³/mol. The van der Waals surface area contributed by atoms with Gasteiger partial charge in [0.15, 0.2) is 0 Å². The quantitative estimate of drug-likeness (QED) is 0.770. The second-order valence-electron chi connectivity index (χ2n) is 4.84. The van der Waals surface area contributed by atoms with Crippen LogP contribution in [-0.2, 0) is 16.6 Å². The van der Waals surface area contributed by atoms with Gasteiger partial charge in [-0.05, 0) is 25.0 Å². The average Bonchev–Trinajstić information content (AvgIpc) is 2.84. The van der Waals surface area contributed by atoms with Crippen LogP contribution < -0.4 is 5.32 Å². The minimum Gasteiger partial charge on any atom is -0.447 e. The van der Waals surface area contributed by atoms with Gasteiger partial charge >= 0.3 is 0 Å². The number of aliphatic hydroxyl groups is 1. The third kappa shape index (κ3) is 4.04. The highest BCUT2D eigenvalue weighted by Crippen LogP contribution is 2.17. The van der Waals surface area contributed by atoms with Crippen LogP contribution >= 0.6 is 0 Å². The maximum Gasteiger partial charge on any atom is 0.275 e. The summed E-state index contributed by atoms with van der Waals surface area (Å²) in [4.78, 5) is 0. The van der Waals surface area contributed by atoms with Crippen molar-refractivity contribution in [1.82, 2.24) is 9.62 Å². The van der Waals surface area contributed by atoms with Gasteiger partial charge in [-0.25, -0.2) is 12.7 Å². The van der Waals surface area contributed by atoms with Crippen molar-refractivity contribution in [1.29, 1.82) is 0 Å². The number of hydrogen-bond donors (Lipinski definition) is 2. The van der Waals surface area contributed by atoms with Crippen LogP contribution in [0.15, 0.2) is 21.6 Å². The van der Waals surface area contributed by atoms with E-state index < -0.39 is 10.0 Å². The Morgan fingerprint density at radius 1 is 1.37 bits per heavy atom. The molecule has 0 aliphatic heterocycles. The molecule has 1 heterocycles. The van der Waals surface area contributed by atoms with Crippen molar-refractivity contribution in [3.63, 3.8) is 0 Å². The van der Waals surface area contributed by atoms with Crippen LogP contribution in [0.3, 0.4) is 0 Å². The van der Waals surface area contributed by atoms with Crippen LogP contribution in [0.1, 0.15) is 19.6 Å². The molecule has 2 atom stereocenters. The largest absolute Gasteiger partial charge is 0.447 e. The highest BCUT2D eigenvalue weighted by atomic mass is 32.2. The fourth-order valence-corrected chi connectivity index (χ4v) is 2.20. The van der Waals surface area contributed by atoms with Crippen molar-refractivity contribution in [2.24, 2.45) is 5.92 Å². The van der Waals surface area contributed by atoms with Crippen LogP contribution in [0, 0.1) is 5.92 Å². The fraction of sp³-hybridized carbons (Fsp3) is 0.667. The molecule has 0 aliphatic rings. The van der Waals surface area contributed by atoms with Gasteiger partial charge in [0, 0.05) is 26.7 Å². The van der Waals surface area contributed by atoms with E-state index in [1.165, 1.54) is 20.2 Å². The molecule has 0 aromatic carbocycles. The Labute approximate surface area is 114 Å². The Bertz CT molecular complexity index is 496. The van der Waals surface area contributed by atoms with Crippen molar-refractivity contribution in [3.8, 4) is 0 Å². The molecule has 2 unspecified atom stereocenters. The first-order valence-electron chi connectivity index (χ1n) is 6.14. The van der Waals surface area contributed by atoms with E-state index in [2.05, 4.69) is 5.32 Å². The first-order chi connectivity index (χ1) is 8.78. The highest BCUT2D eigenvalue weighted by molar-refractivity contribution is 7.88. The molecule has 0 saturated carbocycles. The van der Waals surface area contributed by atoms with Crippen LogP contribution in [0.5, 0.6) is 0 Å². The number of aliphatic hydroxyl groups excluding tert-OH is 1. The van der Waals surface area contributed by atoms with Gasteiger partial charge in [0.25, 0.3) is 10.0 Å². The van der Waals surface area contributed by atoms with E-state index in [-0.39, 0.29) is 23.7 Å². The molecular weight excluding hydrogens is 268 g/mol. The lowest BCUT2D eigenvalue weighted by Crippen LogP contribution is -2.33. The molecule has 110 valence electrons. The second kappa shape index (κ2) is 6.51. The van der Waals surface area contributed by atoms with Crippen LogP contribution in [-0.4, -0.2) is 44.6 Å². The standard InChI is InChI=1S/C12H22N2O4S/c1-9(8-15)10(2)13-7-11-5-6-12(18-11)19(16,17)14(3)4/h5-6,9-10,13,15H,7-8H2,1-4H3. The summed E-state index contributed by atoms with van der Waals surface area (Å²) in [5.41, 5.74) is 0. The number of nitrogens with one attached hydrogen (secondary N) is 1. The van der Waals surface area contributed by atoms with Crippen molar-refractivity contribution in [2.45, 2.75) is 31.5 Å².